The number of aromatic nitrogens is 4. The second kappa shape index (κ2) is 4.55. The Morgan fingerprint density at radius 1 is 1.44 bits per heavy atom. The van der Waals surface area contributed by atoms with Gasteiger partial charge < -0.3 is 26.2 Å². The molecule has 9 heteroatoms. The van der Waals surface area contributed by atoms with Gasteiger partial charge in [0.2, 0.25) is 0 Å². The van der Waals surface area contributed by atoms with Crippen molar-refractivity contribution in [3.63, 3.8) is 0 Å². The van der Waals surface area contributed by atoms with Gasteiger partial charge >= 0.3 is 5.97 Å². The predicted octanol–water partition coefficient (Wildman–Crippen LogP) is -1.82. The molecule has 0 spiro atoms. The quantitative estimate of drug-likeness (QED) is 0.496. The van der Waals surface area contributed by atoms with E-state index < -0.39 is 18.1 Å². The van der Waals surface area contributed by atoms with Crippen molar-refractivity contribution in [2.45, 2.75) is 18.7 Å². The maximum absolute atomic E-state index is 10.6. The molecule has 2 aromatic rings. The van der Waals surface area contributed by atoms with Gasteiger partial charge in [0, 0.05) is 0 Å². The van der Waals surface area contributed by atoms with Crippen LogP contribution in [-0.2, 0) is 11.3 Å². The molecule has 6 N–H and O–H groups in total. The van der Waals surface area contributed by atoms with Crippen molar-refractivity contribution < 1.29 is 15.0 Å². The van der Waals surface area contributed by atoms with Crippen molar-refractivity contribution in [2.75, 3.05) is 5.73 Å². The second-order valence-electron chi connectivity index (χ2n) is 3.76. The Kier molecular flexibility index (Phi) is 3.08. The molecule has 0 fully saturated rings. The third-order valence-electron chi connectivity index (χ3n) is 2.51. The van der Waals surface area contributed by atoms with Gasteiger partial charge in [-0.15, -0.1) is 0 Å². The lowest BCUT2D eigenvalue weighted by atomic mass is 10.2. The first-order valence-corrected chi connectivity index (χ1v) is 5.08. The molecule has 0 amide bonds. The number of hydrogen-bond donors (Lipinski definition) is 4. The zero-order valence-electron chi connectivity index (χ0n) is 9.26. The molecule has 0 unspecified atom stereocenters. The minimum absolute atomic E-state index is 0.0413. The van der Waals surface area contributed by atoms with E-state index >= 15 is 0 Å². The molecule has 0 aliphatic rings. The number of nitrogens with zero attached hydrogens (tertiary/aromatic N) is 4. The van der Waals surface area contributed by atoms with E-state index in [1.54, 1.807) is 0 Å². The van der Waals surface area contributed by atoms with Crippen molar-refractivity contribution in [2.24, 2.45) is 5.73 Å². The highest BCUT2D eigenvalue weighted by Crippen LogP contribution is 2.14. The molecular weight excluding hydrogens is 240 g/mol. The molecule has 2 atom stereocenters. The van der Waals surface area contributed by atoms with Gasteiger partial charge in [-0.05, 0) is 0 Å². The van der Waals surface area contributed by atoms with Gasteiger partial charge in [0.15, 0.2) is 11.5 Å². The molecule has 2 heterocycles. The molecule has 2 rings (SSSR count). The van der Waals surface area contributed by atoms with Crippen LogP contribution in [0.5, 0.6) is 0 Å². The number of hydrogen-bond acceptors (Lipinski definition) is 7. The highest BCUT2D eigenvalue weighted by molar-refractivity contribution is 5.81. The van der Waals surface area contributed by atoms with Gasteiger partial charge in [-0.1, -0.05) is 0 Å². The molecule has 0 saturated heterocycles. The van der Waals surface area contributed by atoms with Crippen LogP contribution in [0.1, 0.15) is 0 Å². The van der Waals surface area contributed by atoms with E-state index in [1.807, 2.05) is 0 Å². The minimum atomic E-state index is -1.37. The zero-order valence-corrected chi connectivity index (χ0v) is 9.26. The van der Waals surface area contributed by atoms with E-state index in [1.165, 1.54) is 17.2 Å². The fourth-order valence-corrected chi connectivity index (χ4v) is 1.51. The number of imidazole rings is 1. The maximum Gasteiger partial charge on any atom is 0.323 e. The molecule has 2 aromatic heterocycles. The Labute approximate surface area is 101 Å². The van der Waals surface area contributed by atoms with E-state index in [0.29, 0.717) is 11.2 Å². The topological polar surface area (TPSA) is 153 Å². The predicted molar refractivity (Wildman–Crippen MR) is 61.4 cm³/mol. The number of nitrogen functional groups attached to an aromatic ring is 1. The first kappa shape index (κ1) is 12.2. The monoisotopic (exact) mass is 252 g/mol. The summed E-state index contributed by atoms with van der Waals surface area (Å²) in [7, 11) is 0. The lowest BCUT2D eigenvalue weighted by Crippen LogP contribution is -2.43. The number of aliphatic hydroxyl groups excluding tert-OH is 1. The summed E-state index contributed by atoms with van der Waals surface area (Å²) in [6.07, 6.45) is 1.41. The molecule has 18 heavy (non-hydrogen) atoms. The Morgan fingerprint density at radius 3 is 2.83 bits per heavy atom. The molecule has 0 saturated carbocycles. The molecule has 0 aliphatic heterocycles. The number of rotatable bonds is 4. The third kappa shape index (κ3) is 2.08. The Hall–Kier alpha value is -2.26. The van der Waals surface area contributed by atoms with Crippen LogP contribution >= 0.6 is 0 Å². The number of fused-ring (bicyclic) bond motifs is 1. The molecule has 9 nitrogen and oxygen atoms in total. The van der Waals surface area contributed by atoms with Crippen LogP contribution in [0.15, 0.2) is 12.7 Å². The van der Waals surface area contributed by atoms with Crippen LogP contribution in [0.2, 0.25) is 0 Å². The summed E-state index contributed by atoms with van der Waals surface area (Å²) in [6.45, 7) is -0.0413. The van der Waals surface area contributed by atoms with Crippen molar-refractivity contribution >= 4 is 23.0 Å². The Bertz CT molecular complexity index is 583. The molecule has 0 aromatic carbocycles. The van der Waals surface area contributed by atoms with E-state index in [2.05, 4.69) is 15.0 Å². The average molecular weight is 252 g/mol. The average Bonchev–Trinajstić information content (AvgIpc) is 2.73. The smallest absolute Gasteiger partial charge is 0.323 e. The first-order chi connectivity index (χ1) is 8.50. The van der Waals surface area contributed by atoms with Crippen LogP contribution in [0.4, 0.5) is 5.82 Å². The zero-order chi connectivity index (χ0) is 13.3. The highest BCUT2D eigenvalue weighted by atomic mass is 16.4. The third-order valence-corrected chi connectivity index (χ3v) is 2.51. The lowest BCUT2D eigenvalue weighted by Gasteiger charge is -2.15. The number of aliphatic hydroxyl groups is 1. The Balaban J connectivity index is 2.27. The number of anilines is 1. The van der Waals surface area contributed by atoms with Crippen LogP contribution < -0.4 is 11.5 Å². The first-order valence-electron chi connectivity index (χ1n) is 5.08. The number of carboxylic acid groups (broad SMARTS) is 1. The van der Waals surface area contributed by atoms with E-state index in [9.17, 15) is 9.90 Å². The van der Waals surface area contributed by atoms with E-state index in [4.69, 9.17) is 16.6 Å². The summed E-state index contributed by atoms with van der Waals surface area (Å²) in [5, 5.41) is 18.3. The summed E-state index contributed by atoms with van der Waals surface area (Å²) in [4.78, 5) is 22.4. The van der Waals surface area contributed by atoms with Crippen LogP contribution in [0, 0.1) is 0 Å². The van der Waals surface area contributed by atoms with Gasteiger partial charge in [-0.25, -0.2) is 15.0 Å². The van der Waals surface area contributed by atoms with Gasteiger partial charge in [-0.3, -0.25) is 4.79 Å². The standard InChI is InChI=1S/C9H12N6O3/c10-5(9(17)18)4(16)1-15-3-14-6-7(11)12-2-13-8(6)15/h2-5,16H,1,10H2,(H,17,18)(H2,11,12,13)/t4-,5-/m0/s1. The van der Waals surface area contributed by atoms with Crippen LogP contribution in [0.25, 0.3) is 11.2 Å². The van der Waals surface area contributed by atoms with Gasteiger partial charge in [0.05, 0.1) is 19.0 Å². The largest absolute Gasteiger partial charge is 0.480 e. The van der Waals surface area contributed by atoms with Crippen molar-refractivity contribution in [3.8, 4) is 0 Å². The van der Waals surface area contributed by atoms with Crippen LogP contribution in [0.3, 0.4) is 0 Å². The summed E-state index contributed by atoms with van der Waals surface area (Å²) in [5.41, 5.74) is 11.7. The summed E-state index contributed by atoms with van der Waals surface area (Å²) in [6, 6.07) is -1.37. The lowest BCUT2D eigenvalue weighted by molar-refractivity contribution is -0.141. The fraction of sp³-hybridized carbons (Fsp3) is 0.333. The normalized spacial score (nSPS) is 14.6. The summed E-state index contributed by atoms with van der Waals surface area (Å²) >= 11 is 0. The number of nitrogens with two attached hydrogens (primary N) is 2. The molecule has 0 aliphatic carbocycles. The van der Waals surface area contributed by atoms with E-state index in [0.717, 1.165) is 0 Å². The van der Waals surface area contributed by atoms with Crippen molar-refractivity contribution in [3.05, 3.63) is 12.7 Å². The number of carboxylic acids is 1. The molecule has 0 bridgehead atoms. The second-order valence-corrected chi connectivity index (χ2v) is 3.76. The highest BCUT2D eigenvalue weighted by Gasteiger charge is 2.23. The van der Waals surface area contributed by atoms with Crippen molar-refractivity contribution in [1.82, 2.24) is 19.5 Å². The fourth-order valence-electron chi connectivity index (χ4n) is 1.51. The van der Waals surface area contributed by atoms with E-state index in [-0.39, 0.29) is 12.4 Å². The molecule has 0 radical (unpaired) electrons. The molecular formula is C9H12N6O3. The number of aliphatic carboxylic acids is 1. The van der Waals surface area contributed by atoms with Gasteiger partial charge in [0.1, 0.15) is 17.9 Å². The SMILES string of the molecule is Nc1ncnc2c1ncn2C[C@H](O)[C@H](N)C(=O)O. The van der Waals surface area contributed by atoms with Crippen LogP contribution in [-0.4, -0.2) is 47.8 Å². The van der Waals surface area contributed by atoms with Gasteiger partial charge in [0.25, 0.3) is 0 Å². The minimum Gasteiger partial charge on any atom is -0.480 e. The van der Waals surface area contributed by atoms with Crippen molar-refractivity contribution in [1.29, 1.82) is 0 Å². The summed E-state index contributed by atoms with van der Waals surface area (Å²) < 4.78 is 1.47. The number of carbonyl (C=O) groups is 1. The summed E-state index contributed by atoms with van der Waals surface area (Å²) in [5.74, 6) is -1.06. The molecule has 96 valence electrons. The maximum atomic E-state index is 10.6. The van der Waals surface area contributed by atoms with Gasteiger partial charge in [-0.2, -0.15) is 0 Å². The Morgan fingerprint density at radius 2 is 2.17 bits per heavy atom.